The van der Waals surface area contributed by atoms with Crippen molar-refractivity contribution in [3.8, 4) is 11.1 Å². The van der Waals surface area contributed by atoms with E-state index in [0.717, 1.165) is 9.87 Å². The summed E-state index contributed by atoms with van der Waals surface area (Å²) in [6.07, 6.45) is 0. The molecule has 0 saturated heterocycles. The molecule has 0 fully saturated rings. The summed E-state index contributed by atoms with van der Waals surface area (Å²) in [5.74, 6) is 0. The van der Waals surface area contributed by atoms with E-state index in [1.54, 1.807) is 48.5 Å². The molecular weight excluding hydrogens is 333 g/mol. The maximum absolute atomic E-state index is 11.9. The van der Waals surface area contributed by atoms with Crippen molar-refractivity contribution in [2.75, 3.05) is 4.31 Å². The van der Waals surface area contributed by atoms with Crippen molar-refractivity contribution < 1.29 is 42.5 Å². The minimum absolute atomic E-state index is 0. The minimum atomic E-state index is -4.72. The topological polar surface area (TPSA) is 60.4 Å². The Bertz CT molecular complexity index is 900. The Kier molecular flexibility index (Phi) is 6.21. The fourth-order valence-electron chi connectivity index (χ4n) is 2.46. The third-order valence-corrected chi connectivity index (χ3v) is 4.28. The summed E-state index contributed by atoms with van der Waals surface area (Å²) in [5.41, 5.74) is 2.16. The quantitative estimate of drug-likeness (QED) is 0.522. The molecule has 0 atom stereocenters. The summed E-state index contributed by atoms with van der Waals surface area (Å²) in [6.45, 7) is 0. The van der Waals surface area contributed by atoms with Crippen LogP contribution in [0.15, 0.2) is 84.9 Å². The zero-order valence-electron chi connectivity index (χ0n) is 13.2. The van der Waals surface area contributed by atoms with Gasteiger partial charge in [0.25, 0.3) is 0 Å². The first-order valence-corrected chi connectivity index (χ1v) is 8.39. The summed E-state index contributed by atoms with van der Waals surface area (Å²) >= 11 is 0. The Balaban J connectivity index is 0.00000208. The second-order valence-corrected chi connectivity index (χ2v) is 6.16. The van der Waals surface area contributed by atoms with Gasteiger partial charge >= 0.3 is 29.6 Å². The Labute approximate surface area is 163 Å². The number of para-hydroxylation sites is 2. The van der Waals surface area contributed by atoms with E-state index >= 15 is 0 Å². The fourth-order valence-corrected chi connectivity index (χ4v) is 3.24. The molecule has 0 aliphatic heterocycles. The van der Waals surface area contributed by atoms with Crippen LogP contribution in [0.5, 0.6) is 0 Å². The van der Waals surface area contributed by atoms with Gasteiger partial charge in [0.05, 0.1) is 11.4 Å². The zero-order chi connectivity index (χ0) is 16.3. The van der Waals surface area contributed by atoms with Crippen molar-refractivity contribution >= 4 is 21.7 Å². The van der Waals surface area contributed by atoms with Gasteiger partial charge in [0.1, 0.15) is 0 Å². The molecule has 0 spiro atoms. The van der Waals surface area contributed by atoms with Crippen molar-refractivity contribution in [3.63, 3.8) is 0 Å². The summed E-state index contributed by atoms with van der Waals surface area (Å²) in [4.78, 5) is 0. The molecule has 3 aromatic rings. The van der Waals surface area contributed by atoms with Crippen molar-refractivity contribution in [1.82, 2.24) is 0 Å². The van der Waals surface area contributed by atoms with Crippen molar-refractivity contribution in [2.24, 2.45) is 0 Å². The van der Waals surface area contributed by atoms with Crippen LogP contribution in [0.4, 0.5) is 11.4 Å². The van der Waals surface area contributed by atoms with Crippen LogP contribution < -0.4 is 33.9 Å². The van der Waals surface area contributed by atoms with Crippen molar-refractivity contribution in [1.29, 1.82) is 0 Å². The predicted molar refractivity (Wildman–Crippen MR) is 90.2 cm³/mol. The molecule has 4 nitrogen and oxygen atoms in total. The average Bonchev–Trinajstić information content (AvgIpc) is 2.56. The smallest absolute Gasteiger partial charge is 0.731 e. The van der Waals surface area contributed by atoms with E-state index in [0.29, 0.717) is 16.9 Å². The van der Waals surface area contributed by atoms with Gasteiger partial charge in [-0.25, -0.2) is 12.7 Å². The largest absolute Gasteiger partial charge is 1.00 e. The van der Waals surface area contributed by atoms with E-state index < -0.39 is 10.3 Å². The molecule has 0 bridgehead atoms. The Hall–Kier alpha value is -1.63. The molecule has 3 aromatic carbocycles. The molecule has 3 rings (SSSR count). The summed E-state index contributed by atoms with van der Waals surface area (Å²) in [6, 6.07) is 24.7. The first-order valence-electron chi connectivity index (χ1n) is 7.03. The second-order valence-electron chi connectivity index (χ2n) is 4.94. The molecule has 116 valence electrons. The molecule has 0 unspecified atom stereocenters. The van der Waals surface area contributed by atoms with Gasteiger partial charge in [-0.1, -0.05) is 66.7 Å². The average molecular weight is 347 g/mol. The van der Waals surface area contributed by atoms with Gasteiger partial charge < -0.3 is 4.55 Å². The van der Waals surface area contributed by atoms with E-state index in [4.69, 9.17) is 0 Å². The number of hydrogen-bond donors (Lipinski definition) is 0. The minimum Gasteiger partial charge on any atom is -0.731 e. The third-order valence-electron chi connectivity index (χ3n) is 3.42. The molecule has 0 saturated carbocycles. The van der Waals surface area contributed by atoms with Crippen LogP contribution in [0.25, 0.3) is 11.1 Å². The van der Waals surface area contributed by atoms with Crippen molar-refractivity contribution in [2.45, 2.75) is 0 Å². The van der Waals surface area contributed by atoms with Crippen LogP contribution >= 0.6 is 0 Å². The monoisotopic (exact) mass is 347 g/mol. The standard InChI is InChI=1S/C18H15NO3S.Na/c20-23(21,22)19(16-11-5-2-6-12-16)18-14-8-7-13-17(18)15-9-3-1-4-10-15;/h1-14H,(H,20,21,22);/q;+1/p-1. The maximum atomic E-state index is 11.9. The molecule has 0 amide bonds. The van der Waals surface area contributed by atoms with E-state index in [2.05, 4.69) is 0 Å². The van der Waals surface area contributed by atoms with E-state index in [-0.39, 0.29) is 29.6 Å². The molecule has 0 aliphatic carbocycles. The zero-order valence-corrected chi connectivity index (χ0v) is 16.0. The predicted octanol–water partition coefficient (Wildman–Crippen LogP) is 0.956. The van der Waals surface area contributed by atoms with Crippen LogP contribution in [0.3, 0.4) is 0 Å². The molecule has 0 N–H and O–H groups in total. The summed E-state index contributed by atoms with van der Waals surface area (Å²) < 4.78 is 36.5. The molecule has 6 heteroatoms. The molecule has 0 aliphatic rings. The van der Waals surface area contributed by atoms with Crippen LogP contribution in [0.2, 0.25) is 0 Å². The van der Waals surface area contributed by atoms with Gasteiger partial charge in [-0.05, 0) is 23.8 Å². The first-order chi connectivity index (χ1) is 11.1. The number of benzene rings is 3. The fraction of sp³-hybridized carbons (Fsp3) is 0. The van der Waals surface area contributed by atoms with E-state index in [9.17, 15) is 13.0 Å². The van der Waals surface area contributed by atoms with Crippen LogP contribution in [0.1, 0.15) is 0 Å². The normalized spacial score (nSPS) is 10.7. The van der Waals surface area contributed by atoms with Crippen LogP contribution in [-0.2, 0) is 10.3 Å². The molecule has 0 radical (unpaired) electrons. The molecule has 0 aromatic heterocycles. The van der Waals surface area contributed by atoms with Gasteiger partial charge in [-0.2, -0.15) is 0 Å². The molecule has 0 heterocycles. The molecular formula is C18H14NNaO3S. The van der Waals surface area contributed by atoms with Crippen LogP contribution in [-0.4, -0.2) is 13.0 Å². The van der Waals surface area contributed by atoms with Crippen LogP contribution in [0, 0.1) is 0 Å². The number of anilines is 2. The second kappa shape index (κ2) is 7.96. The van der Waals surface area contributed by atoms with Gasteiger partial charge in [-0.3, -0.25) is 0 Å². The van der Waals surface area contributed by atoms with E-state index in [1.807, 2.05) is 36.4 Å². The summed E-state index contributed by atoms with van der Waals surface area (Å²) in [7, 11) is -4.72. The number of hydrogen-bond acceptors (Lipinski definition) is 3. The van der Waals surface area contributed by atoms with Gasteiger partial charge in [-0.15, -0.1) is 0 Å². The Morgan fingerprint density at radius 1 is 0.708 bits per heavy atom. The van der Waals surface area contributed by atoms with Gasteiger partial charge in [0.2, 0.25) is 0 Å². The summed E-state index contributed by atoms with van der Waals surface area (Å²) in [5, 5.41) is 0. The number of nitrogens with zero attached hydrogens (tertiary/aromatic N) is 1. The van der Waals surface area contributed by atoms with Crippen molar-refractivity contribution in [3.05, 3.63) is 84.9 Å². The Morgan fingerprint density at radius 2 is 1.21 bits per heavy atom. The number of rotatable bonds is 4. The molecule has 24 heavy (non-hydrogen) atoms. The Morgan fingerprint density at radius 3 is 1.79 bits per heavy atom. The van der Waals surface area contributed by atoms with Gasteiger partial charge in [0, 0.05) is 5.56 Å². The third kappa shape index (κ3) is 4.06. The first kappa shape index (κ1) is 18.7. The van der Waals surface area contributed by atoms with E-state index in [1.165, 1.54) is 0 Å². The maximum Gasteiger partial charge on any atom is 1.00 e. The van der Waals surface area contributed by atoms with Gasteiger partial charge in [0.15, 0.2) is 10.3 Å². The SMILES string of the molecule is O=S(=O)([O-])N(c1ccccc1)c1ccccc1-c1ccccc1.[Na+].